The van der Waals surface area contributed by atoms with Crippen LogP contribution in [0.3, 0.4) is 0 Å². The molecule has 1 aliphatic rings. The summed E-state index contributed by atoms with van der Waals surface area (Å²) in [6, 6.07) is 16.5. The number of tetrazole rings is 1. The molecule has 2 aromatic heterocycles. The predicted octanol–water partition coefficient (Wildman–Crippen LogP) is 4.53. The van der Waals surface area contributed by atoms with Crippen LogP contribution in [0.5, 0.6) is 0 Å². The number of H-pyrrole nitrogens is 1. The fourth-order valence-corrected chi connectivity index (χ4v) is 5.26. The van der Waals surface area contributed by atoms with Gasteiger partial charge in [-0.3, -0.25) is 9.69 Å². The summed E-state index contributed by atoms with van der Waals surface area (Å²) in [6.07, 6.45) is 5.94. The van der Waals surface area contributed by atoms with Gasteiger partial charge in [-0.1, -0.05) is 61.7 Å². The van der Waals surface area contributed by atoms with E-state index < -0.39 is 0 Å². The van der Waals surface area contributed by atoms with E-state index in [4.69, 9.17) is 0 Å². The maximum absolute atomic E-state index is 13.5. The summed E-state index contributed by atoms with van der Waals surface area (Å²) in [6.45, 7) is 4.68. The molecule has 7 heteroatoms. The quantitative estimate of drug-likeness (QED) is 0.461. The highest BCUT2D eigenvalue weighted by molar-refractivity contribution is 5.83. The number of rotatable bonds is 6. The Morgan fingerprint density at radius 1 is 1.09 bits per heavy atom. The van der Waals surface area contributed by atoms with Crippen LogP contribution in [0.2, 0.25) is 0 Å². The van der Waals surface area contributed by atoms with Crippen LogP contribution >= 0.6 is 0 Å². The Labute approximate surface area is 199 Å². The third-order valence-electron chi connectivity index (χ3n) is 7.41. The Kier molecular flexibility index (Phi) is 6.28. The molecule has 0 unspecified atom stereocenters. The molecule has 176 valence electrons. The summed E-state index contributed by atoms with van der Waals surface area (Å²) in [5, 5.41) is 13.8. The molecule has 1 N–H and O–H groups in total. The predicted molar refractivity (Wildman–Crippen MR) is 134 cm³/mol. The highest BCUT2D eigenvalue weighted by atomic mass is 16.1. The van der Waals surface area contributed by atoms with E-state index in [9.17, 15) is 4.79 Å². The minimum atomic E-state index is -0.337. The summed E-state index contributed by atoms with van der Waals surface area (Å²) in [4.78, 5) is 19.0. The second-order valence-corrected chi connectivity index (χ2v) is 9.57. The molecular formula is C27H32N6O. The number of aromatic nitrogens is 5. The van der Waals surface area contributed by atoms with Gasteiger partial charge in [-0.05, 0) is 72.3 Å². The zero-order chi connectivity index (χ0) is 23.7. The van der Waals surface area contributed by atoms with Crippen molar-refractivity contribution in [3.8, 4) is 0 Å². The summed E-state index contributed by atoms with van der Waals surface area (Å²) < 4.78 is 1.84. The number of aryl methyl sites for hydroxylation is 2. The molecule has 1 aliphatic carbocycles. The Hall–Kier alpha value is -3.32. The molecule has 2 aromatic carbocycles. The number of pyridine rings is 1. The first-order chi connectivity index (χ1) is 16.5. The lowest BCUT2D eigenvalue weighted by molar-refractivity contribution is 0.149. The first-order valence-electron chi connectivity index (χ1n) is 12.2. The second kappa shape index (κ2) is 9.50. The van der Waals surface area contributed by atoms with Gasteiger partial charge in [0.2, 0.25) is 0 Å². The van der Waals surface area contributed by atoms with Gasteiger partial charge in [-0.25, -0.2) is 4.68 Å². The lowest BCUT2D eigenvalue weighted by atomic mass is 9.92. The molecule has 5 rings (SSSR count). The van der Waals surface area contributed by atoms with E-state index in [2.05, 4.69) is 70.6 Å². The lowest BCUT2D eigenvalue weighted by Crippen LogP contribution is -2.40. The van der Waals surface area contributed by atoms with Gasteiger partial charge in [0.25, 0.3) is 5.56 Å². The van der Waals surface area contributed by atoms with E-state index in [1.807, 2.05) is 28.9 Å². The average Bonchev–Trinajstić information content (AvgIpc) is 3.31. The van der Waals surface area contributed by atoms with Crippen molar-refractivity contribution in [2.45, 2.75) is 64.6 Å². The first kappa shape index (κ1) is 22.5. The number of hydrogen-bond donors (Lipinski definition) is 1. The normalized spacial score (nSPS) is 15.8. The van der Waals surface area contributed by atoms with Crippen molar-refractivity contribution in [2.75, 3.05) is 7.05 Å². The lowest BCUT2D eigenvalue weighted by Gasteiger charge is -2.36. The Morgan fingerprint density at radius 2 is 1.85 bits per heavy atom. The minimum Gasteiger partial charge on any atom is -0.321 e. The van der Waals surface area contributed by atoms with Crippen LogP contribution < -0.4 is 5.56 Å². The summed E-state index contributed by atoms with van der Waals surface area (Å²) in [7, 11) is 2.12. The number of fused-ring (bicyclic) bond motifs is 1. The molecule has 0 aliphatic heterocycles. The number of benzene rings is 2. The minimum absolute atomic E-state index is 0.0804. The molecule has 1 saturated carbocycles. The number of aromatic amines is 1. The van der Waals surface area contributed by atoms with Crippen LogP contribution in [-0.2, 0) is 6.54 Å². The van der Waals surface area contributed by atoms with Gasteiger partial charge in [-0.15, -0.1) is 5.10 Å². The van der Waals surface area contributed by atoms with E-state index in [0.717, 1.165) is 34.9 Å². The zero-order valence-corrected chi connectivity index (χ0v) is 20.2. The molecule has 0 amide bonds. The fraction of sp³-hybridized carbons (Fsp3) is 0.407. The van der Waals surface area contributed by atoms with E-state index in [-0.39, 0.29) is 11.6 Å². The molecule has 1 fully saturated rings. The maximum atomic E-state index is 13.5. The van der Waals surface area contributed by atoms with Crippen molar-refractivity contribution in [3.05, 3.63) is 87.0 Å². The van der Waals surface area contributed by atoms with Crippen LogP contribution in [0, 0.1) is 13.8 Å². The third-order valence-corrected chi connectivity index (χ3v) is 7.41. The van der Waals surface area contributed by atoms with Crippen molar-refractivity contribution in [2.24, 2.45) is 0 Å². The summed E-state index contributed by atoms with van der Waals surface area (Å²) in [5.74, 6) is 0.700. The molecule has 1 atom stereocenters. The van der Waals surface area contributed by atoms with E-state index in [1.54, 1.807) is 0 Å². The van der Waals surface area contributed by atoms with Crippen LogP contribution in [0.25, 0.3) is 10.9 Å². The maximum Gasteiger partial charge on any atom is 0.253 e. The Bertz CT molecular complexity index is 1340. The van der Waals surface area contributed by atoms with Crippen molar-refractivity contribution >= 4 is 10.9 Å². The average molecular weight is 457 g/mol. The van der Waals surface area contributed by atoms with Crippen molar-refractivity contribution < 1.29 is 0 Å². The van der Waals surface area contributed by atoms with E-state index in [1.165, 1.54) is 24.8 Å². The molecule has 7 nitrogen and oxygen atoms in total. The summed E-state index contributed by atoms with van der Waals surface area (Å²) in [5.41, 5.74) is 4.90. The van der Waals surface area contributed by atoms with Gasteiger partial charge < -0.3 is 4.98 Å². The van der Waals surface area contributed by atoms with Crippen molar-refractivity contribution in [1.82, 2.24) is 30.1 Å². The highest BCUT2D eigenvalue weighted by Crippen LogP contribution is 2.32. The number of nitrogens with one attached hydrogen (secondary N) is 1. The van der Waals surface area contributed by atoms with Crippen LogP contribution in [0.4, 0.5) is 0 Å². The zero-order valence-electron chi connectivity index (χ0n) is 20.2. The van der Waals surface area contributed by atoms with Crippen molar-refractivity contribution in [1.29, 1.82) is 0 Å². The summed E-state index contributed by atoms with van der Waals surface area (Å²) >= 11 is 0. The van der Waals surface area contributed by atoms with Crippen molar-refractivity contribution in [3.63, 3.8) is 0 Å². The standard InChI is InChI=1S/C27H32N6O/c1-18-14-15-21-16-23(27(34)28-24(21)19(18)2)25(32(3)22-12-8-5-9-13-22)26-29-30-31-33(26)17-20-10-6-4-7-11-20/h4,6-7,10-11,14-16,22,25H,5,8-9,12-13,17H2,1-3H3,(H,28,34)/t25-/m0/s1. The third kappa shape index (κ3) is 4.28. The highest BCUT2D eigenvalue weighted by Gasteiger charge is 2.33. The number of hydrogen-bond acceptors (Lipinski definition) is 5. The smallest absolute Gasteiger partial charge is 0.253 e. The Morgan fingerprint density at radius 3 is 2.62 bits per heavy atom. The van der Waals surface area contributed by atoms with E-state index in [0.29, 0.717) is 24.0 Å². The van der Waals surface area contributed by atoms with Gasteiger partial charge in [0.05, 0.1) is 12.1 Å². The van der Waals surface area contributed by atoms with Gasteiger partial charge in [-0.2, -0.15) is 0 Å². The Balaban J connectivity index is 1.63. The molecule has 0 saturated heterocycles. The molecule has 0 bridgehead atoms. The molecule has 0 spiro atoms. The molecule has 0 radical (unpaired) electrons. The van der Waals surface area contributed by atoms with Crippen LogP contribution in [0.1, 0.15) is 66.2 Å². The SMILES string of the molecule is Cc1ccc2cc([C@@H](c3nnnn3Cc3ccccc3)N(C)C3CCCCC3)c(=O)[nH]c2c1C. The topological polar surface area (TPSA) is 79.7 Å². The molecule has 2 heterocycles. The first-order valence-corrected chi connectivity index (χ1v) is 12.2. The monoisotopic (exact) mass is 456 g/mol. The van der Waals surface area contributed by atoms with Gasteiger partial charge >= 0.3 is 0 Å². The van der Waals surface area contributed by atoms with Gasteiger partial charge in [0, 0.05) is 11.6 Å². The molecule has 34 heavy (non-hydrogen) atoms. The largest absolute Gasteiger partial charge is 0.321 e. The van der Waals surface area contributed by atoms with E-state index >= 15 is 0 Å². The van der Waals surface area contributed by atoms with Gasteiger partial charge in [0.15, 0.2) is 5.82 Å². The van der Waals surface area contributed by atoms with Crippen LogP contribution in [0.15, 0.2) is 53.3 Å². The molecule has 4 aromatic rings. The molecular weight excluding hydrogens is 424 g/mol. The number of nitrogens with zero attached hydrogens (tertiary/aromatic N) is 5. The fourth-order valence-electron chi connectivity index (χ4n) is 5.26. The second-order valence-electron chi connectivity index (χ2n) is 9.57. The van der Waals surface area contributed by atoms with Gasteiger partial charge in [0.1, 0.15) is 6.04 Å². The van der Waals surface area contributed by atoms with Crippen LogP contribution in [-0.4, -0.2) is 43.2 Å².